The van der Waals surface area contributed by atoms with Crippen LogP contribution in [0.3, 0.4) is 0 Å². The second-order valence-corrected chi connectivity index (χ2v) is 4.39. The molecule has 0 N–H and O–H groups in total. The molecule has 0 amide bonds. The zero-order valence-corrected chi connectivity index (χ0v) is 10.2. The standard InChI is InChI=1S/C13H18O4/c1-3-6-13(9-12(16)17-4-2)7-5-10(14)8-11(13)15/h3H,1,4-9H2,2H3. The molecular weight excluding hydrogens is 220 g/mol. The summed E-state index contributed by atoms with van der Waals surface area (Å²) in [6, 6.07) is 0. The number of esters is 1. The maximum Gasteiger partial charge on any atom is 0.306 e. The predicted octanol–water partition coefficient (Wildman–Crippen LogP) is 1.82. The third kappa shape index (κ3) is 3.25. The molecule has 94 valence electrons. The molecular formula is C13H18O4. The summed E-state index contributed by atoms with van der Waals surface area (Å²) < 4.78 is 4.88. The van der Waals surface area contributed by atoms with Gasteiger partial charge in [-0.3, -0.25) is 14.4 Å². The van der Waals surface area contributed by atoms with Crippen molar-refractivity contribution >= 4 is 17.5 Å². The van der Waals surface area contributed by atoms with Crippen LogP contribution < -0.4 is 0 Å². The Morgan fingerprint density at radius 1 is 1.53 bits per heavy atom. The van der Waals surface area contributed by atoms with E-state index in [2.05, 4.69) is 6.58 Å². The molecule has 4 heteroatoms. The number of ketones is 2. The lowest BCUT2D eigenvalue weighted by atomic mass is 9.68. The largest absolute Gasteiger partial charge is 0.466 e. The molecule has 0 aromatic rings. The van der Waals surface area contributed by atoms with Crippen LogP contribution in [-0.4, -0.2) is 24.1 Å². The second kappa shape index (κ2) is 5.75. The van der Waals surface area contributed by atoms with E-state index in [1.54, 1.807) is 13.0 Å². The molecule has 0 saturated heterocycles. The summed E-state index contributed by atoms with van der Waals surface area (Å²) in [6.45, 7) is 5.65. The Morgan fingerprint density at radius 3 is 2.76 bits per heavy atom. The number of hydrogen-bond acceptors (Lipinski definition) is 4. The first-order valence-corrected chi connectivity index (χ1v) is 5.85. The van der Waals surface area contributed by atoms with Gasteiger partial charge in [-0.1, -0.05) is 6.08 Å². The fourth-order valence-corrected chi connectivity index (χ4v) is 2.21. The minimum atomic E-state index is -0.762. The number of carbonyl (C=O) groups excluding carboxylic acids is 3. The van der Waals surface area contributed by atoms with Crippen LogP contribution in [0.4, 0.5) is 0 Å². The molecule has 1 rings (SSSR count). The SMILES string of the molecule is C=CCC1(CC(=O)OCC)CCC(=O)CC1=O. The summed E-state index contributed by atoms with van der Waals surface area (Å²) in [5.41, 5.74) is -0.762. The van der Waals surface area contributed by atoms with E-state index in [-0.39, 0.29) is 30.4 Å². The summed E-state index contributed by atoms with van der Waals surface area (Å²) in [4.78, 5) is 34.7. The maximum absolute atomic E-state index is 12.0. The van der Waals surface area contributed by atoms with E-state index in [0.717, 1.165) is 0 Å². The number of Topliss-reactive ketones (excluding diaryl/α,β-unsaturated/α-hetero) is 2. The Morgan fingerprint density at radius 2 is 2.24 bits per heavy atom. The molecule has 0 bridgehead atoms. The molecule has 1 aliphatic rings. The summed E-state index contributed by atoms with van der Waals surface area (Å²) in [5.74, 6) is -0.572. The highest BCUT2D eigenvalue weighted by Gasteiger charge is 2.43. The molecule has 0 radical (unpaired) electrons. The molecule has 17 heavy (non-hydrogen) atoms. The number of carbonyl (C=O) groups is 3. The topological polar surface area (TPSA) is 60.4 Å². The van der Waals surface area contributed by atoms with Crippen molar-refractivity contribution in [2.75, 3.05) is 6.61 Å². The Labute approximate surface area is 101 Å². The second-order valence-electron chi connectivity index (χ2n) is 4.39. The third-order valence-electron chi connectivity index (χ3n) is 3.15. The van der Waals surface area contributed by atoms with Gasteiger partial charge in [-0.05, 0) is 19.8 Å². The normalized spacial score (nSPS) is 24.5. The Hall–Kier alpha value is -1.45. The van der Waals surface area contributed by atoms with Gasteiger partial charge in [-0.2, -0.15) is 0 Å². The van der Waals surface area contributed by atoms with Crippen LogP contribution >= 0.6 is 0 Å². The Bertz CT molecular complexity index is 345. The van der Waals surface area contributed by atoms with Crippen LogP contribution in [-0.2, 0) is 19.1 Å². The fourth-order valence-electron chi connectivity index (χ4n) is 2.21. The highest BCUT2D eigenvalue weighted by molar-refractivity contribution is 6.05. The number of allylic oxidation sites excluding steroid dienone is 1. The minimum Gasteiger partial charge on any atom is -0.466 e. The van der Waals surface area contributed by atoms with Gasteiger partial charge in [0.15, 0.2) is 0 Å². The summed E-state index contributed by atoms with van der Waals surface area (Å²) in [7, 11) is 0. The van der Waals surface area contributed by atoms with Crippen LogP contribution in [0.2, 0.25) is 0 Å². The van der Waals surface area contributed by atoms with Crippen molar-refractivity contribution < 1.29 is 19.1 Å². The van der Waals surface area contributed by atoms with E-state index < -0.39 is 5.41 Å². The molecule has 0 aliphatic heterocycles. The van der Waals surface area contributed by atoms with Crippen LogP contribution in [0, 0.1) is 5.41 Å². The fraction of sp³-hybridized carbons (Fsp3) is 0.615. The van der Waals surface area contributed by atoms with Gasteiger partial charge < -0.3 is 4.74 Å². The van der Waals surface area contributed by atoms with Crippen molar-refractivity contribution in [1.82, 2.24) is 0 Å². The first-order chi connectivity index (χ1) is 8.04. The van der Waals surface area contributed by atoms with Crippen LogP contribution in [0.5, 0.6) is 0 Å². The van der Waals surface area contributed by atoms with Crippen molar-refractivity contribution in [2.45, 2.75) is 39.0 Å². The lowest BCUT2D eigenvalue weighted by Crippen LogP contribution is -2.39. The number of rotatable bonds is 5. The first kappa shape index (κ1) is 13.6. The van der Waals surface area contributed by atoms with Gasteiger partial charge in [-0.25, -0.2) is 0 Å². The molecule has 0 aromatic carbocycles. The van der Waals surface area contributed by atoms with Gasteiger partial charge in [0, 0.05) is 11.8 Å². The van der Waals surface area contributed by atoms with Gasteiger partial charge in [0.2, 0.25) is 0 Å². The molecule has 1 saturated carbocycles. The average Bonchev–Trinajstić information content (AvgIpc) is 2.25. The van der Waals surface area contributed by atoms with E-state index in [4.69, 9.17) is 4.74 Å². The quantitative estimate of drug-likeness (QED) is 0.416. The third-order valence-corrected chi connectivity index (χ3v) is 3.15. The molecule has 0 heterocycles. The molecule has 1 fully saturated rings. The molecule has 1 unspecified atom stereocenters. The molecule has 0 aromatic heterocycles. The van der Waals surface area contributed by atoms with E-state index >= 15 is 0 Å². The van der Waals surface area contributed by atoms with Crippen LogP contribution in [0.25, 0.3) is 0 Å². The summed E-state index contributed by atoms with van der Waals surface area (Å²) >= 11 is 0. The highest BCUT2D eigenvalue weighted by atomic mass is 16.5. The Kier molecular flexibility index (Phi) is 4.61. The van der Waals surface area contributed by atoms with Crippen molar-refractivity contribution in [2.24, 2.45) is 5.41 Å². The maximum atomic E-state index is 12.0. The van der Waals surface area contributed by atoms with E-state index in [9.17, 15) is 14.4 Å². The van der Waals surface area contributed by atoms with Crippen molar-refractivity contribution in [3.05, 3.63) is 12.7 Å². The van der Waals surface area contributed by atoms with Crippen molar-refractivity contribution in [3.63, 3.8) is 0 Å². The van der Waals surface area contributed by atoms with Crippen molar-refractivity contribution in [1.29, 1.82) is 0 Å². The van der Waals surface area contributed by atoms with E-state index in [1.165, 1.54) is 0 Å². The highest BCUT2D eigenvalue weighted by Crippen LogP contribution is 2.39. The average molecular weight is 238 g/mol. The number of hydrogen-bond donors (Lipinski definition) is 0. The lowest BCUT2D eigenvalue weighted by molar-refractivity contribution is -0.152. The van der Waals surface area contributed by atoms with Gasteiger partial charge in [0.1, 0.15) is 11.6 Å². The van der Waals surface area contributed by atoms with Gasteiger partial charge in [0.05, 0.1) is 19.4 Å². The Balaban J connectivity index is 2.81. The van der Waals surface area contributed by atoms with Gasteiger partial charge in [0.25, 0.3) is 0 Å². The zero-order valence-electron chi connectivity index (χ0n) is 10.2. The lowest BCUT2D eigenvalue weighted by Gasteiger charge is -2.33. The van der Waals surface area contributed by atoms with Crippen molar-refractivity contribution in [3.8, 4) is 0 Å². The molecule has 4 nitrogen and oxygen atoms in total. The first-order valence-electron chi connectivity index (χ1n) is 5.85. The monoisotopic (exact) mass is 238 g/mol. The minimum absolute atomic E-state index is 0.0430. The molecule has 1 atom stereocenters. The van der Waals surface area contributed by atoms with Gasteiger partial charge >= 0.3 is 5.97 Å². The predicted molar refractivity (Wildman–Crippen MR) is 62.4 cm³/mol. The van der Waals surface area contributed by atoms with Gasteiger partial charge in [-0.15, -0.1) is 6.58 Å². The van der Waals surface area contributed by atoms with Crippen LogP contribution in [0.15, 0.2) is 12.7 Å². The summed E-state index contributed by atoms with van der Waals surface area (Å²) in [5, 5.41) is 0. The molecule has 1 aliphatic carbocycles. The zero-order chi connectivity index (χ0) is 12.9. The van der Waals surface area contributed by atoms with Crippen LogP contribution in [0.1, 0.15) is 39.0 Å². The van der Waals surface area contributed by atoms with E-state index in [0.29, 0.717) is 25.9 Å². The molecule has 0 spiro atoms. The number of ether oxygens (including phenoxy) is 1. The smallest absolute Gasteiger partial charge is 0.306 e. The summed E-state index contributed by atoms with van der Waals surface area (Å²) in [6.07, 6.45) is 2.84. The van der Waals surface area contributed by atoms with E-state index in [1.807, 2.05) is 0 Å².